The van der Waals surface area contributed by atoms with Gasteiger partial charge in [-0.2, -0.15) is 5.26 Å². The number of nitriles is 1. The topological polar surface area (TPSA) is 66.0 Å². The molecule has 1 aliphatic carbocycles. The van der Waals surface area contributed by atoms with Crippen molar-refractivity contribution in [2.75, 3.05) is 5.32 Å². The molecule has 2 aromatic heterocycles. The maximum absolute atomic E-state index is 12.6. The molecule has 0 spiro atoms. The van der Waals surface area contributed by atoms with Crippen LogP contribution in [0.5, 0.6) is 0 Å². The van der Waals surface area contributed by atoms with Gasteiger partial charge in [0, 0.05) is 21.5 Å². The molecule has 3 aromatic rings. The summed E-state index contributed by atoms with van der Waals surface area (Å²) < 4.78 is 5.84. The van der Waals surface area contributed by atoms with E-state index < -0.39 is 0 Å². The fourth-order valence-electron chi connectivity index (χ4n) is 4.19. The standard InChI is InChI=1S/C27H27ClN2O2S/c1-16-5-6-17(13-22(16)28)23-11-8-19(32-23)9-12-25(31)30-26-21(15-29)20-10-7-18(27(2,3)4)14-24(20)33-26/h5-6,8-9,11-13,18H,7,10,14H2,1-4H3,(H,30,31)/b12-9+. The zero-order valence-electron chi connectivity index (χ0n) is 19.3. The Hall–Kier alpha value is -2.81. The van der Waals surface area contributed by atoms with Crippen molar-refractivity contribution in [3.63, 3.8) is 0 Å². The second-order valence-electron chi connectivity index (χ2n) is 9.61. The van der Waals surface area contributed by atoms with Gasteiger partial charge in [-0.1, -0.05) is 44.5 Å². The average Bonchev–Trinajstić information content (AvgIpc) is 3.37. The van der Waals surface area contributed by atoms with Crippen molar-refractivity contribution < 1.29 is 9.21 Å². The van der Waals surface area contributed by atoms with E-state index in [4.69, 9.17) is 16.0 Å². The van der Waals surface area contributed by atoms with Crippen molar-refractivity contribution in [1.82, 2.24) is 0 Å². The number of benzene rings is 1. The van der Waals surface area contributed by atoms with Gasteiger partial charge in [0.15, 0.2) is 0 Å². The van der Waals surface area contributed by atoms with Crippen molar-refractivity contribution in [1.29, 1.82) is 5.26 Å². The molecule has 33 heavy (non-hydrogen) atoms. The summed E-state index contributed by atoms with van der Waals surface area (Å²) in [5, 5.41) is 13.9. The number of anilines is 1. The number of hydrogen-bond acceptors (Lipinski definition) is 4. The van der Waals surface area contributed by atoms with Gasteiger partial charge in [-0.25, -0.2) is 0 Å². The third kappa shape index (κ3) is 5.08. The zero-order chi connectivity index (χ0) is 23.8. The largest absolute Gasteiger partial charge is 0.457 e. The van der Waals surface area contributed by atoms with Crippen LogP contribution in [-0.2, 0) is 17.6 Å². The van der Waals surface area contributed by atoms with Gasteiger partial charge in [0.25, 0.3) is 0 Å². The minimum absolute atomic E-state index is 0.229. The van der Waals surface area contributed by atoms with Crippen LogP contribution in [0.25, 0.3) is 17.4 Å². The molecule has 0 fully saturated rings. The summed E-state index contributed by atoms with van der Waals surface area (Å²) in [6.07, 6.45) is 5.98. The molecule has 4 nitrogen and oxygen atoms in total. The van der Waals surface area contributed by atoms with Crippen LogP contribution in [0.4, 0.5) is 5.00 Å². The normalized spacial score (nSPS) is 15.9. The van der Waals surface area contributed by atoms with Crippen LogP contribution in [0.2, 0.25) is 5.02 Å². The van der Waals surface area contributed by atoms with E-state index in [1.54, 1.807) is 6.08 Å². The third-order valence-electron chi connectivity index (χ3n) is 6.32. The van der Waals surface area contributed by atoms with Crippen molar-refractivity contribution in [3.8, 4) is 17.4 Å². The highest BCUT2D eigenvalue weighted by Crippen LogP contribution is 2.44. The maximum Gasteiger partial charge on any atom is 0.249 e. The van der Waals surface area contributed by atoms with Crippen LogP contribution < -0.4 is 5.32 Å². The lowest BCUT2D eigenvalue weighted by Gasteiger charge is -2.33. The van der Waals surface area contributed by atoms with Gasteiger partial charge in [0.2, 0.25) is 5.91 Å². The van der Waals surface area contributed by atoms with Crippen LogP contribution in [-0.4, -0.2) is 5.91 Å². The molecule has 1 unspecified atom stereocenters. The van der Waals surface area contributed by atoms with Gasteiger partial charge in [0.05, 0.1) is 5.56 Å². The molecule has 0 aliphatic heterocycles. The molecule has 1 atom stereocenters. The summed E-state index contributed by atoms with van der Waals surface area (Å²) in [6, 6.07) is 11.7. The first-order valence-corrected chi connectivity index (χ1v) is 12.2. The van der Waals surface area contributed by atoms with Crippen molar-refractivity contribution in [2.45, 2.75) is 47.0 Å². The molecule has 170 valence electrons. The second kappa shape index (κ2) is 9.21. The van der Waals surface area contributed by atoms with Crippen molar-refractivity contribution in [2.24, 2.45) is 11.3 Å². The number of amides is 1. The summed E-state index contributed by atoms with van der Waals surface area (Å²) in [6.45, 7) is 8.75. The van der Waals surface area contributed by atoms with Gasteiger partial charge in [0.1, 0.15) is 22.6 Å². The predicted molar refractivity (Wildman–Crippen MR) is 136 cm³/mol. The highest BCUT2D eigenvalue weighted by atomic mass is 35.5. The first-order chi connectivity index (χ1) is 15.7. The first-order valence-electron chi connectivity index (χ1n) is 11.1. The lowest BCUT2D eigenvalue weighted by Crippen LogP contribution is -2.26. The van der Waals surface area contributed by atoms with E-state index in [1.165, 1.54) is 22.3 Å². The van der Waals surface area contributed by atoms with E-state index in [0.717, 1.165) is 36.0 Å². The Bertz CT molecular complexity index is 1270. The molecular formula is C27H27ClN2O2S. The van der Waals surface area contributed by atoms with E-state index >= 15 is 0 Å². The van der Waals surface area contributed by atoms with Gasteiger partial charge < -0.3 is 9.73 Å². The Morgan fingerprint density at radius 3 is 2.79 bits per heavy atom. The molecule has 0 radical (unpaired) electrons. The number of fused-ring (bicyclic) bond motifs is 1. The highest BCUT2D eigenvalue weighted by molar-refractivity contribution is 7.16. The summed E-state index contributed by atoms with van der Waals surface area (Å²) >= 11 is 7.75. The maximum atomic E-state index is 12.6. The smallest absolute Gasteiger partial charge is 0.249 e. The number of nitrogens with one attached hydrogen (secondary N) is 1. The molecule has 1 N–H and O–H groups in total. The fraction of sp³-hybridized carbons (Fsp3) is 0.333. The number of hydrogen-bond donors (Lipinski definition) is 1. The van der Waals surface area contributed by atoms with E-state index in [0.29, 0.717) is 33.0 Å². The molecule has 6 heteroatoms. The van der Waals surface area contributed by atoms with Crippen molar-refractivity contribution >= 4 is 39.9 Å². The van der Waals surface area contributed by atoms with Gasteiger partial charge >= 0.3 is 0 Å². The molecule has 0 saturated carbocycles. The van der Waals surface area contributed by atoms with E-state index in [-0.39, 0.29) is 11.3 Å². The Morgan fingerprint density at radius 1 is 1.30 bits per heavy atom. The number of furan rings is 1. The van der Waals surface area contributed by atoms with Gasteiger partial charge in [-0.05, 0) is 72.9 Å². The number of thiophene rings is 1. The molecule has 1 amide bonds. The Morgan fingerprint density at radius 2 is 2.09 bits per heavy atom. The summed E-state index contributed by atoms with van der Waals surface area (Å²) in [4.78, 5) is 13.8. The molecule has 1 aromatic carbocycles. The van der Waals surface area contributed by atoms with E-state index in [2.05, 4.69) is 32.2 Å². The number of halogens is 1. The first kappa shape index (κ1) is 23.4. The SMILES string of the molecule is Cc1ccc(-c2ccc(/C=C/C(=O)Nc3sc4c(c3C#N)CCC(C(C)(C)C)C4)o2)cc1Cl. The lowest BCUT2D eigenvalue weighted by atomic mass is 9.72. The second-order valence-corrected chi connectivity index (χ2v) is 11.1. The number of aryl methyl sites for hydroxylation is 1. The molecular weight excluding hydrogens is 452 g/mol. The monoisotopic (exact) mass is 478 g/mol. The fourth-order valence-corrected chi connectivity index (χ4v) is 5.65. The summed E-state index contributed by atoms with van der Waals surface area (Å²) in [5.41, 5.74) is 3.83. The lowest BCUT2D eigenvalue weighted by molar-refractivity contribution is -0.111. The van der Waals surface area contributed by atoms with Crippen LogP contribution >= 0.6 is 22.9 Å². The molecule has 2 heterocycles. The third-order valence-corrected chi connectivity index (χ3v) is 7.90. The summed E-state index contributed by atoms with van der Waals surface area (Å²) in [5.74, 6) is 1.54. The number of nitrogens with zero attached hydrogens (tertiary/aromatic N) is 1. The van der Waals surface area contributed by atoms with Crippen LogP contribution in [0.3, 0.4) is 0 Å². The Labute approximate surface area is 203 Å². The quantitative estimate of drug-likeness (QED) is 0.391. The van der Waals surface area contributed by atoms with Crippen LogP contribution in [0.15, 0.2) is 40.8 Å². The molecule has 0 saturated heterocycles. The number of carbonyl (C=O) groups is 1. The van der Waals surface area contributed by atoms with Crippen molar-refractivity contribution in [3.05, 3.63) is 68.8 Å². The minimum Gasteiger partial charge on any atom is -0.457 e. The van der Waals surface area contributed by atoms with Crippen LogP contribution in [0, 0.1) is 29.6 Å². The minimum atomic E-state index is -0.284. The molecule has 1 aliphatic rings. The average molecular weight is 479 g/mol. The predicted octanol–water partition coefficient (Wildman–Crippen LogP) is 7.64. The summed E-state index contributed by atoms with van der Waals surface area (Å²) in [7, 11) is 0. The van der Waals surface area contributed by atoms with Crippen LogP contribution in [0.1, 0.15) is 54.5 Å². The van der Waals surface area contributed by atoms with Gasteiger partial charge in [-0.15, -0.1) is 11.3 Å². The van der Waals surface area contributed by atoms with E-state index in [9.17, 15) is 10.1 Å². The molecule has 0 bridgehead atoms. The highest BCUT2D eigenvalue weighted by Gasteiger charge is 2.32. The Balaban J connectivity index is 1.46. The number of carbonyl (C=O) groups excluding carboxylic acids is 1. The Kier molecular flexibility index (Phi) is 6.52. The van der Waals surface area contributed by atoms with Gasteiger partial charge in [-0.3, -0.25) is 4.79 Å². The van der Waals surface area contributed by atoms with E-state index in [1.807, 2.05) is 37.3 Å². The number of rotatable bonds is 4. The zero-order valence-corrected chi connectivity index (χ0v) is 20.9. The molecule has 4 rings (SSSR count).